The van der Waals surface area contributed by atoms with Gasteiger partial charge >= 0.3 is 5.97 Å². The first-order valence-electron chi connectivity index (χ1n) is 36.0. The minimum atomic E-state index is -2.35. The molecule has 0 spiro atoms. The number of aliphatic hydroxyl groups excluding tert-OH is 9. The zero-order chi connectivity index (χ0) is 81.8. The fourth-order valence-corrected chi connectivity index (χ4v) is 14.9. The fourth-order valence-electron chi connectivity index (χ4n) is 14.4. The van der Waals surface area contributed by atoms with Crippen molar-refractivity contribution in [1.82, 2.24) is 42.5 Å². The van der Waals surface area contributed by atoms with E-state index in [1.54, 1.807) is 0 Å². The molecule has 3 aliphatic carbocycles. The minimum Gasteiger partial charge on any atom is -0.512 e. The number of ether oxygens (including phenoxy) is 6. The first-order valence-corrected chi connectivity index (χ1v) is 36.8. The number of primary amides is 1. The Morgan fingerprint density at radius 3 is 2.13 bits per heavy atom. The first-order chi connectivity index (χ1) is 52.9. The third kappa shape index (κ3) is 19.2. The van der Waals surface area contributed by atoms with Crippen LogP contribution < -0.4 is 79.7 Å². The molecule has 40 heteroatoms. The van der Waals surface area contributed by atoms with Crippen molar-refractivity contribution in [2.45, 2.75) is 207 Å². The van der Waals surface area contributed by atoms with Crippen LogP contribution in [0.2, 0.25) is 5.02 Å². The fraction of sp³-hybridized carbons (Fsp3) is 0.528. The molecule has 7 unspecified atom stereocenters. The van der Waals surface area contributed by atoms with Gasteiger partial charge in [-0.2, -0.15) is 0 Å². The van der Waals surface area contributed by atoms with Gasteiger partial charge in [0.1, 0.15) is 90.1 Å². The number of amides is 8. The van der Waals surface area contributed by atoms with Gasteiger partial charge in [-0.15, -0.1) is 0 Å². The van der Waals surface area contributed by atoms with Crippen molar-refractivity contribution in [1.29, 1.82) is 0 Å². The summed E-state index contributed by atoms with van der Waals surface area (Å²) < 4.78 is 38.7. The number of guanidine groups is 1. The van der Waals surface area contributed by atoms with Crippen LogP contribution in [0, 0.1) is 11.8 Å². The van der Waals surface area contributed by atoms with Gasteiger partial charge in [0.2, 0.25) is 59.3 Å². The molecular weight excluding hydrogens is 1520 g/mol. The Hall–Kier alpha value is -9.52. The molecule has 2 aromatic rings. The summed E-state index contributed by atoms with van der Waals surface area (Å²) in [6.07, 6.45) is -17.9. The van der Waals surface area contributed by atoms with Crippen molar-refractivity contribution in [2.24, 2.45) is 39.8 Å². The van der Waals surface area contributed by atoms with E-state index in [2.05, 4.69) is 47.5 Å². The monoisotopic (exact) mass is 1610 g/mol. The van der Waals surface area contributed by atoms with Gasteiger partial charge in [-0.3, -0.25) is 43.3 Å². The molecule has 2 aromatic carbocycles. The van der Waals surface area contributed by atoms with Gasteiger partial charge in [0, 0.05) is 42.8 Å². The molecule has 610 valence electrons. The number of carbonyl (C=O) groups is 9. The number of likely N-dealkylation sites (N-methyl/N-ethyl adjacent to an activating group) is 1. The molecule has 21 atom stereocenters. The quantitative estimate of drug-likeness (QED) is 0.0382. The second-order valence-electron chi connectivity index (χ2n) is 29.2. The highest BCUT2D eigenvalue weighted by atomic mass is 35.5. The van der Waals surface area contributed by atoms with Crippen molar-refractivity contribution in [2.75, 3.05) is 20.2 Å². The number of carbonyl (C=O) groups excluding carboxylic acids is 8. The van der Waals surface area contributed by atoms with Crippen LogP contribution in [0.3, 0.4) is 0 Å². The lowest BCUT2D eigenvalue weighted by molar-refractivity contribution is -0.333. The summed E-state index contributed by atoms with van der Waals surface area (Å²) in [7, 11) is 1.48. The summed E-state index contributed by atoms with van der Waals surface area (Å²) in [4.78, 5) is 137. The normalized spacial score (nSPS) is 31.6. The molecule has 0 aromatic heterocycles. The van der Waals surface area contributed by atoms with Gasteiger partial charge in [0.25, 0.3) is 0 Å². The Labute approximate surface area is 650 Å². The molecule has 3 fully saturated rings. The molecule has 0 saturated carbocycles. The number of carboxylic acids is 1. The number of hydrogen-bond acceptors (Lipinski definition) is 27. The molecule has 0 radical (unpaired) electrons. The number of aliphatic imine (C=N–C) groups is 1. The van der Waals surface area contributed by atoms with E-state index in [1.165, 1.54) is 27.0 Å². The zero-order valence-corrected chi connectivity index (χ0v) is 62.7. The maximum Gasteiger partial charge on any atom is 0.326 e. The van der Waals surface area contributed by atoms with Gasteiger partial charge in [-0.05, 0) is 129 Å². The highest BCUT2D eigenvalue weighted by Gasteiger charge is 2.52. The van der Waals surface area contributed by atoms with E-state index in [9.17, 15) is 75.0 Å². The summed E-state index contributed by atoms with van der Waals surface area (Å²) >= 11 is 14.3. The van der Waals surface area contributed by atoms with Gasteiger partial charge in [-0.1, -0.05) is 49.2 Å². The summed E-state index contributed by atoms with van der Waals surface area (Å²) in [5.41, 5.74) is 20.1. The standard InChI is InChI=1S/C72H93Cl2N13O25/c1-26(2)15-38(79-5)62(98)86-53-55(93)29-9-12-42(35(73)17-29)108-44-19-31-20-45(59(44)112-70-60(58(96)57(95)46(25-88)110-70)111-48-24-72(4,78)61(97)27(3)107-48)109-43-13-10-30(18-36(43)74)56(94)54-68(104)85-52(66(102)81-37(69(105)106)7-6-14-80-71(76)77)34-21-32(89)22-41(91)49(34)33-16-28(8-11-40(33)90)50(64(100)87-54)84-65(101)51(31)83-63(99)39(23-47(75)92)82-67(53)103/h8,10-11,13,17-21,26-27,32-33,37-39,46,48,50-58,60-61,70,79,88-91,93-97H,6-7,9,12,14-16,22-25,78H2,1-5H3,(H2,75,92)(H,81,102)(H,82,103)(H,83,99)(H,84,101)(H,85,104)(H,86,98)(H,87,100)(H,105,106)(H4,76,77,80)/t27?,32?,33?,37-,38+,39-,46?,48-,50+,51+,52-,53+,54-,55+,56+,57?,58-,60?,61+,70+,72?/m0/s1. The number of allylic oxidation sites excluding steroid dienone is 6. The maximum absolute atomic E-state index is 16.3. The maximum atomic E-state index is 16.3. The van der Waals surface area contributed by atoms with Crippen molar-refractivity contribution < 1.29 is 123 Å². The van der Waals surface area contributed by atoms with Crippen LogP contribution in [0.25, 0.3) is 0 Å². The largest absolute Gasteiger partial charge is 0.512 e. The summed E-state index contributed by atoms with van der Waals surface area (Å²) in [5.74, 6) is -17.6. The average molecular weight is 1610 g/mol. The summed E-state index contributed by atoms with van der Waals surface area (Å²) in [5, 5.41) is 135. The predicted molar refractivity (Wildman–Crippen MR) is 392 cm³/mol. The van der Waals surface area contributed by atoms with Crippen LogP contribution in [0.1, 0.15) is 109 Å². The van der Waals surface area contributed by atoms with Gasteiger partial charge in [0.05, 0.1) is 53.2 Å². The van der Waals surface area contributed by atoms with Crippen LogP contribution in [0.4, 0.5) is 0 Å². The molecule has 7 aliphatic heterocycles. The molecule has 12 rings (SSSR count). The van der Waals surface area contributed by atoms with Crippen LogP contribution in [0.5, 0.6) is 23.0 Å². The molecule has 38 nitrogen and oxygen atoms in total. The Balaban J connectivity index is 1.20. The van der Waals surface area contributed by atoms with Crippen LogP contribution in [-0.2, 0) is 57.4 Å². The van der Waals surface area contributed by atoms with Gasteiger partial charge in [-0.25, -0.2) is 4.79 Å². The van der Waals surface area contributed by atoms with Gasteiger partial charge in [0.15, 0.2) is 29.9 Å². The third-order valence-corrected chi connectivity index (χ3v) is 20.9. The minimum absolute atomic E-state index is 0.00845. The van der Waals surface area contributed by atoms with E-state index in [0.29, 0.717) is 0 Å². The number of hydrogen-bond donors (Lipinski definition) is 22. The average Bonchev–Trinajstić information content (AvgIpc) is 0.770. The molecule has 112 heavy (non-hydrogen) atoms. The smallest absolute Gasteiger partial charge is 0.326 e. The molecule has 8 amide bonds. The van der Waals surface area contributed by atoms with Crippen LogP contribution >= 0.6 is 23.2 Å². The first kappa shape index (κ1) is 84.9. The SMILES string of the molecule is CN[C@H](CC(C)C)C(=O)N[C@H]1C(=O)N[C@@H](CC(N)=O)C(=O)N[C@H]2C(=O)N[C@H]3C(=O)N[C@H](C(=O)N[C@H](C(=O)N[C@@H](CCCN=C(N)N)C(=O)O)C4=CC(O)CC(O)=C4C4CC3=CC=C4O)[C@H](O)c3ccc(c(Cl)c3)Oc3cc2cc(c3O[C@H]2OC(CO)C(O)[C@H](O)C2O[C@H]2CC(C)(N)[C@H](O)C(C)O2)OC2=C(Cl)C=C(CC2)[C@H]1O. The number of nitrogens with one attached hydrogen (secondary N) is 8. The van der Waals surface area contributed by atoms with Crippen molar-refractivity contribution in [3.8, 4) is 23.0 Å². The zero-order valence-electron chi connectivity index (χ0n) is 61.2. The number of nitrogens with two attached hydrogens (primary N) is 4. The second-order valence-corrected chi connectivity index (χ2v) is 30.0. The Bertz CT molecular complexity index is 4240. The molecule has 3 saturated heterocycles. The second kappa shape index (κ2) is 35.7. The van der Waals surface area contributed by atoms with Gasteiger partial charge < -0.3 is 145 Å². The lowest BCUT2D eigenvalue weighted by Crippen LogP contribution is -2.64. The molecule has 11 bridgehead atoms. The van der Waals surface area contributed by atoms with E-state index < -0.39 is 257 Å². The highest BCUT2D eigenvalue weighted by molar-refractivity contribution is 6.32. The number of nitrogens with zero attached hydrogens (tertiary/aromatic N) is 1. The summed E-state index contributed by atoms with van der Waals surface area (Å²) in [6, 6.07) is -10.5. The van der Waals surface area contributed by atoms with E-state index in [4.69, 9.17) is 74.6 Å². The third-order valence-electron chi connectivity index (χ3n) is 20.3. The van der Waals surface area contributed by atoms with Crippen LogP contribution in [-0.4, -0.2) is 240 Å². The lowest BCUT2D eigenvalue weighted by Gasteiger charge is -2.47. The van der Waals surface area contributed by atoms with E-state index in [0.717, 1.165) is 48.6 Å². The number of fused-ring (bicyclic) bond motifs is 15. The number of aliphatic hydroxyl groups is 9. The Morgan fingerprint density at radius 1 is 0.795 bits per heavy atom. The number of aliphatic carboxylic acids is 1. The topological polar surface area (TPSA) is 624 Å². The number of rotatable bonds is 19. The van der Waals surface area contributed by atoms with Crippen LogP contribution in [0.15, 0.2) is 104 Å². The Kier molecular flexibility index (Phi) is 27.0. The lowest BCUT2D eigenvalue weighted by atomic mass is 9.75. The molecule has 10 aliphatic rings. The number of benzene rings is 2. The van der Waals surface area contributed by atoms with E-state index in [-0.39, 0.29) is 90.0 Å². The highest BCUT2D eigenvalue weighted by Crippen LogP contribution is 2.49. The molecular formula is C72H93Cl2N13O25. The summed E-state index contributed by atoms with van der Waals surface area (Å²) in [6.45, 7) is 5.57. The molecule has 26 N–H and O–H groups in total. The van der Waals surface area contributed by atoms with Crippen molar-refractivity contribution in [3.05, 3.63) is 115 Å². The van der Waals surface area contributed by atoms with Crippen molar-refractivity contribution >= 4 is 82.4 Å². The number of carboxylic acid groups (broad SMARTS) is 1. The van der Waals surface area contributed by atoms with E-state index in [1.807, 2.05) is 13.8 Å². The predicted octanol–water partition coefficient (Wildman–Crippen LogP) is -2.86. The Morgan fingerprint density at radius 2 is 1.49 bits per heavy atom. The van der Waals surface area contributed by atoms with E-state index >= 15 is 19.2 Å². The number of halogens is 2. The molecule has 7 heterocycles. The van der Waals surface area contributed by atoms with Crippen molar-refractivity contribution in [3.63, 3.8) is 0 Å².